The van der Waals surface area contributed by atoms with Crippen molar-refractivity contribution in [1.29, 1.82) is 0 Å². The molecule has 0 aliphatic carbocycles. The minimum absolute atomic E-state index is 0.539. The zero-order valence-corrected chi connectivity index (χ0v) is 21.8. The Bertz CT molecular complexity index is 1420. The second-order valence-electron chi connectivity index (χ2n) is 10.3. The van der Waals surface area contributed by atoms with E-state index in [0.29, 0.717) is 25.1 Å². The maximum Gasteiger partial charge on any atom is 0.192 e. The van der Waals surface area contributed by atoms with Crippen molar-refractivity contribution in [2.45, 2.75) is 25.4 Å². The predicted molar refractivity (Wildman–Crippen MR) is 143 cm³/mol. The topological polar surface area (TPSA) is 89.5 Å². The number of benzene rings is 1. The van der Waals surface area contributed by atoms with Crippen molar-refractivity contribution in [3.63, 3.8) is 0 Å². The third-order valence-electron chi connectivity index (χ3n) is 7.77. The number of imidazole rings is 1. The molecule has 37 heavy (non-hydrogen) atoms. The first kappa shape index (κ1) is 24.0. The summed E-state index contributed by atoms with van der Waals surface area (Å²) in [6.07, 6.45) is 5.48. The van der Waals surface area contributed by atoms with E-state index in [-0.39, 0.29) is 0 Å². The minimum Gasteiger partial charge on any atom is -0.619 e. The molecule has 2 fully saturated rings. The van der Waals surface area contributed by atoms with Crippen LogP contribution in [0.5, 0.6) is 0 Å². The molecule has 2 saturated heterocycles. The van der Waals surface area contributed by atoms with Gasteiger partial charge in [0.1, 0.15) is 5.82 Å². The van der Waals surface area contributed by atoms with Crippen LogP contribution in [0.2, 0.25) is 0 Å². The number of likely N-dealkylation sites (tertiary alicyclic amines) is 1. The lowest BCUT2D eigenvalue weighted by Crippen LogP contribution is -2.41. The molecule has 0 N–H and O–H groups in total. The molecule has 10 heteroatoms. The zero-order valence-electron chi connectivity index (χ0n) is 21.8. The number of ether oxygens (including phenoxy) is 1. The minimum atomic E-state index is 0.539. The summed E-state index contributed by atoms with van der Waals surface area (Å²) in [5.41, 5.74) is 2.31. The smallest absolute Gasteiger partial charge is 0.192 e. The number of hydrogen-bond acceptors (Lipinski definition) is 8. The maximum atomic E-state index is 12.5. The fraction of sp³-hybridized carbons (Fsp3) is 0.481. The molecule has 2 aliphatic rings. The fourth-order valence-corrected chi connectivity index (χ4v) is 5.55. The van der Waals surface area contributed by atoms with E-state index >= 15 is 0 Å². The predicted octanol–water partition coefficient (Wildman–Crippen LogP) is 2.18. The molecule has 0 spiro atoms. The lowest BCUT2D eigenvalue weighted by atomic mass is 10.0. The Kier molecular flexibility index (Phi) is 6.39. The van der Waals surface area contributed by atoms with Crippen molar-refractivity contribution in [1.82, 2.24) is 29.3 Å². The van der Waals surface area contributed by atoms with Gasteiger partial charge in [-0.2, -0.15) is 4.73 Å². The molecule has 5 heterocycles. The number of hydrogen-bond donors (Lipinski definition) is 0. The third-order valence-corrected chi connectivity index (χ3v) is 7.77. The first-order valence-corrected chi connectivity index (χ1v) is 13.0. The number of aryl methyl sites for hydroxylation is 1. The number of piperidine rings is 1. The van der Waals surface area contributed by atoms with Crippen LogP contribution in [-0.2, 0) is 18.3 Å². The number of fused-ring (bicyclic) bond motifs is 2. The number of morpholine rings is 1. The first-order valence-electron chi connectivity index (χ1n) is 13.0. The molecule has 1 aromatic carbocycles. The van der Waals surface area contributed by atoms with Crippen LogP contribution in [0.1, 0.15) is 18.7 Å². The van der Waals surface area contributed by atoms with Gasteiger partial charge in [-0.1, -0.05) is 18.2 Å². The molecular weight excluding hydrogens is 468 g/mol. The van der Waals surface area contributed by atoms with Crippen LogP contribution < -0.4 is 9.63 Å². The summed E-state index contributed by atoms with van der Waals surface area (Å²) in [5, 5.41) is 14.3. The SMILES string of the molecule is CN(C)C1CCN(Cc2nc3c(N4CCOCC4)nc(-c4c[n+]([O-])cc5ccccc45)nc3n2C)CC1. The largest absolute Gasteiger partial charge is 0.619 e. The van der Waals surface area contributed by atoms with Gasteiger partial charge < -0.3 is 24.3 Å². The Morgan fingerprint density at radius 2 is 1.78 bits per heavy atom. The van der Waals surface area contributed by atoms with E-state index in [2.05, 4.69) is 33.4 Å². The van der Waals surface area contributed by atoms with E-state index in [1.165, 1.54) is 0 Å². The number of pyridine rings is 1. The van der Waals surface area contributed by atoms with E-state index in [4.69, 9.17) is 19.7 Å². The molecule has 3 aromatic heterocycles. The highest BCUT2D eigenvalue weighted by Crippen LogP contribution is 2.31. The van der Waals surface area contributed by atoms with Crippen molar-refractivity contribution >= 4 is 27.8 Å². The van der Waals surface area contributed by atoms with Gasteiger partial charge in [0.25, 0.3) is 0 Å². The summed E-state index contributed by atoms with van der Waals surface area (Å²) in [6, 6.07) is 8.51. The van der Waals surface area contributed by atoms with Crippen LogP contribution >= 0.6 is 0 Å². The Hall–Kier alpha value is -3.34. The molecular formula is C27H34N8O2. The van der Waals surface area contributed by atoms with E-state index in [1.807, 2.05) is 31.3 Å². The Morgan fingerprint density at radius 1 is 1.03 bits per heavy atom. The second-order valence-corrected chi connectivity index (χ2v) is 10.3. The highest BCUT2D eigenvalue weighted by molar-refractivity contribution is 5.95. The van der Waals surface area contributed by atoms with Crippen molar-refractivity contribution in [2.24, 2.45) is 7.05 Å². The molecule has 0 amide bonds. The van der Waals surface area contributed by atoms with Gasteiger partial charge in [-0.25, -0.2) is 15.0 Å². The van der Waals surface area contributed by atoms with Crippen LogP contribution in [0.15, 0.2) is 36.7 Å². The summed E-state index contributed by atoms with van der Waals surface area (Å²) >= 11 is 0. The zero-order chi connectivity index (χ0) is 25.5. The summed E-state index contributed by atoms with van der Waals surface area (Å²) in [5.74, 6) is 2.33. The monoisotopic (exact) mass is 502 g/mol. The molecule has 6 rings (SSSR count). The molecule has 0 bridgehead atoms. The van der Waals surface area contributed by atoms with Gasteiger partial charge in [0.05, 0.1) is 25.3 Å². The van der Waals surface area contributed by atoms with Crippen molar-refractivity contribution in [3.8, 4) is 11.4 Å². The number of nitrogens with zero attached hydrogens (tertiary/aromatic N) is 8. The van der Waals surface area contributed by atoms with E-state index < -0.39 is 0 Å². The fourth-order valence-electron chi connectivity index (χ4n) is 5.55. The van der Waals surface area contributed by atoms with Gasteiger partial charge in [0.2, 0.25) is 0 Å². The highest BCUT2D eigenvalue weighted by atomic mass is 16.5. The van der Waals surface area contributed by atoms with Gasteiger partial charge in [-0.05, 0) is 33.0 Å². The van der Waals surface area contributed by atoms with Crippen molar-refractivity contribution in [2.75, 3.05) is 58.4 Å². The average molecular weight is 503 g/mol. The summed E-state index contributed by atoms with van der Waals surface area (Å²) in [7, 11) is 6.37. The molecule has 0 saturated carbocycles. The third kappa shape index (κ3) is 4.60. The van der Waals surface area contributed by atoms with Crippen molar-refractivity contribution in [3.05, 3.63) is 47.7 Å². The molecule has 194 valence electrons. The quantitative estimate of drug-likeness (QED) is 0.303. The molecule has 2 aliphatic heterocycles. The second kappa shape index (κ2) is 9.85. The molecule has 4 aromatic rings. The standard InChI is InChI=1S/C27H34N8O2/c1-31(2)20-8-10-33(11-9-20)18-23-28-24-26(32(23)3)29-25(30-27(24)34-12-14-37-15-13-34)22-17-35(36)16-19-6-4-5-7-21(19)22/h4-7,16-17,20H,8-15,18H2,1-3H3. The normalized spacial score (nSPS) is 17.9. The molecule has 0 radical (unpaired) electrons. The van der Waals surface area contributed by atoms with Gasteiger partial charge in [0, 0.05) is 50.0 Å². The lowest BCUT2D eigenvalue weighted by molar-refractivity contribution is -0.603. The molecule has 0 atom stereocenters. The van der Waals surface area contributed by atoms with Crippen LogP contribution in [0.25, 0.3) is 33.3 Å². The van der Waals surface area contributed by atoms with Gasteiger partial charge in [0.15, 0.2) is 35.2 Å². The van der Waals surface area contributed by atoms with Crippen LogP contribution in [0, 0.1) is 5.21 Å². The van der Waals surface area contributed by atoms with E-state index in [1.54, 1.807) is 12.4 Å². The summed E-state index contributed by atoms with van der Waals surface area (Å²) < 4.78 is 8.55. The molecule has 0 unspecified atom stereocenters. The average Bonchev–Trinajstić information content (AvgIpc) is 3.23. The first-order chi connectivity index (χ1) is 18.0. The Balaban J connectivity index is 1.44. The van der Waals surface area contributed by atoms with Crippen LogP contribution in [0.3, 0.4) is 0 Å². The van der Waals surface area contributed by atoms with Crippen molar-refractivity contribution < 1.29 is 9.47 Å². The number of aromatic nitrogens is 5. The van der Waals surface area contributed by atoms with Gasteiger partial charge in [-0.15, -0.1) is 0 Å². The number of rotatable bonds is 5. The molecule has 10 nitrogen and oxygen atoms in total. The Morgan fingerprint density at radius 3 is 2.54 bits per heavy atom. The van der Waals surface area contributed by atoms with E-state index in [9.17, 15) is 5.21 Å². The summed E-state index contributed by atoms with van der Waals surface area (Å²) in [6.45, 7) is 5.67. The van der Waals surface area contributed by atoms with Gasteiger partial charge >= 0.3 is 0 Å². The van der Waals surface area contributed by atoms with Crippen LogP contribution in [0.4, 0.5) is 5.82 Å². The Labute approximate surface area is 216 Å². The van der Waals surface area contributed by atoms with Gasteiger partial charge in [-0.3, -0.25) is 4.90 Å². The van der Waals surface area contributed by atoms with Crippen LogP contribution in [-0.4, -0.2) is 88.8 Å². The maximum absolute atomic E-state index is 12.5. The highest BCUT2D eigenvalue weighted by Gasteiger charge is 2.26. The summed E-state index contributed by atoms with van der Waals surface area (Å²) in [4.78, 5) is 22.2. The number of anilines is 1. The lowest BCUT2D eigenvalue weighted by Gasteiger charge is -2.34. The van der Waals surface area contributed by atoms with E-state index in [0.717, 1.165) is 89.4 Å².